The van der Waals surface area contributed by atoms with E-state index in [1.54, 1.807) is 0 Å². The lowest BCUT2D eigenvalue weighted by Crippen LogP contribution is -1.75. The van der Waals surface area contributed by atoms with E-state index in [0.29, 0.717) is 0 Å². The van der Waals surface area contributed by atoms with Gasteiger partial charge in [-0.3, -0.25) is 0 Å². The van der Waals surface area contributed by atoms with Gasteiger partial charge < -0.3 is 0 Å². The molecule has 0 nitrogen and oxygen atoms in total. The van der Waals surface area contributed by atoms with Gasteiger partial charge in [0.2, 0.25) is 0 Å². The molecule has 0 aliphatic rings. The summed E-state index contributed by atoms with van der Waals surface area (Å²) in [5.41, 5.74) is 3.60. The molecule has 0 unspecified atom stereocenters. The Labute approximate surface area is 90.9 Å². The van der Waals surface area contributed by atoms with Gasteiger partial charge in [0.05, 0.1) is 0 Å². The quantitative estimate of drug-likeness (QED) is 0.633. The maximum absolute atomic E-state index is 3.19. The van der Waals surface area contributed by atoms with Crippen molar-refractivity contribution in [3.05, 3.63) is 71.3 Å². The molecular formula is C15H13. The molecule has 0 saturated heterocycles. The minimum absolute atomic E-state index is 1.12. The second-order valence-corrected chi connectivity index (χ2v) is 3.57. The molecule has 2 aromatic carbocycles. The van der Waals surface area contributed by atoms with E-state index in [0.717, 1.165) is 5.56 Å². The van der Waals surface area contributed by atoms with Crippen molar-refractivity contribution in [2.45, 2.75) is 6.92 Å². The van der Waals surface area contributed by atoms with E-state index in [1.807, 2.05) is 24.3 Å². The summed E-state index contributed by atoms with van der Waals surface area (Å²) in [4.78, 5) is 0. The van der Waals surface area contributed by atoms with Crippen LogP contribution in [0.5, 0.6) is 0 Å². The average molecular weight is 193 g/mol. The number of hydrogen-bond acceptors (Lipinski definition) is 0. The average Bonchev–Trinajstić information content (AvgIpc) is 2.28. The topological polar surface area (TPSA) is 0 Å². The van der Waals surface area contributed by atoms with Gasteiger partial charge in [0.15, 0.2) is 0 Å². The van der Waals surface area contributed by atoms with Gasteiger partial charge in [-0.05, 0) is 24.1 Å². The van der Waals surface area contributed by atoms with E-state index in [9.17, 15) is 0 Å². The van der Waals surface area contributed by atoms with Crippen molar-refractivity contribution in [1.82, 2.24) is 0 Å². The summed E-state index contributed by atoms with van der Waals surface area (Å²) in [6, 6.07) is 19.6. The first-order valence-corrected chi connectivity index (χ1v) is 5.06. The van der Waals surface area contributed by atoms with E-state index in [4.69, 9.17) is 0 Å². The molecule has 0 spiro atoms. The number of rotatable bonds is 2. The second kappa shape index (κ2) is 4.61. The van der Waals surface area contributed by atoms with Gasteiger partial charge in [0.25, 0.3) is 0 Å². The normalized spacial score (nSPS) is 10.7. The summed E-state index contributed by atoms with van der Waals surface area (Å²) >= 11 is 0. The zero-order valence-corrected chi connectivity index (χ0v) is 8.77. The number of aryl methyl sites for hydroxylation is 1. The molecular weight excluding hydrogens is 180 g/mol. The summed E-state index contributed by atoms with van der Waals surface area (Å²) in [5, 5.41) is 0. The maximum Gasteiger partial charge on any atom is -0.0105 e. The van der Waals surface area contributed by atoms with E-state index in [1.165, 1.54) is 11.1 Å². The van der Waals surface area contributed by atoms with Crippen molar-refractivity contribution < 1.29 is 0 Å². The van der Waals surface area contributed by atoms with Gasteiger partial charge in [-0.2, -0.15) is 0 Å². The summed E-state index contributed by atoms with van der Waals surface area (Å²) in [6.45, 7) is 2.09. The lowest BCUT2D eigenvalue weighted by Gasteiger charge is -1.95. The van der Waals surface area contributed by atoms with E-state index >= 15 is 0 Å². The smallest absolute Gasteiger partial charge is 0.0105 e. The van der Waals surface area contributed by atoms with Gasteiger partial charge in [-0.1, -0.05) is 66.2 Å². The van der Waals surface area contributed by atoms with Crippen LogP contribution in [0.1, 0.15) is 16.7 Å². The van der Waals surface area contributed by atoms with Crippen LogP contribution in [0, 0.1) is 13.0 Å². The predicted molar refractivity (Wildman–Crippen MR) is 65.4 cm³/mol. The largest absolute Gasteiger partial charge is 0.0622 e. The van der Waals surface area contributed by atoms with Crippen LogP contribution in [-0.2, 0) is 0 Å². The molecule has 2 aromatic rings. The third-order valence-corrected chi connectivity index (χ3v) is 2.23. The Morgan fingerprint density at radius 3 is 2.53 bits per heavy atom. The van der Waals surface area contributed by atoms with Crippen LogP contribution in [-0.4, -0.2) is 0 Å². The van der Waals surface area contributed by atoms with Crippen molar-refractivity contribution in [2.24, 2.45) is 0 Å². The zero-order chi connectivity index (χ0) is 10.5. The Bertz CT molecular complexity index is 452. The van der Waals surface area contributed by atoms with E-state index < -0.39 is 0 Å². The second-order valence-electron chi connectivity index (χ2n) is 3.57. The summed E-state index contributed by atoms with van der Waals surface area (Å²) in [5.74, 6) is 0. The van der Waals surface area contributed by atoms with Crippen LogP contribution in [0.4, 0.5) is 0 Å². The molecule has 0 fully saturated rings. The third kappa shape index (κ3) is 2.81. The monoisotopic (exact) mass is 193 g/mol. The van der Waals surface area contributed by atoms with Crippen molar-refractivity contribution >= 4 is 12.2 Å². The molecule has 15 heavy (non-hydrogen) atoms. The summed E-state index contributed by atoms with van der Waals surface area (Å²) in [7, 11) is 0. The molecule has 0 aromatic heterocycles. The van der Waals surface area contributed by atoms with Crippen LogP contribution >= 0.6 is 0 Å². The SMILES string of the molecule is Cc1cc[c]c(C=Cc2ccccc2)c1. The first kappa shape index (κ1) is 9.72. The molecule has 0 aliphatic heterocycles. The third-order valence-electron chi connectivity index (χ3n) is 2.23. The Balaban J connectivity index is 2.19. The Kier molecular flexibility index (Phi) is 2.99. The lowest BCUT2D eigenvalue weighted by atomic mass is 10.1. The van der Waals surface area contributed by atoms with Crippen molar-refractivity contribution in [1.29, 1.82) is 0 Å². The fourth-order valence-corrected chi connectivity index (χ4v) is 1.45. The fourth-order valence-electron chi connectivity index (χ4n) is 1.45. The lowest BCUT2D eigenvalue weighted by molar-refractivity contribution is 1.45. The number of hydrogen-bond donors (Lipinski definition) is 0. The van der Waals surface area contributed by atoms with Crippen LogP contribution in [0.15, 0.2) is 48.5 Å². The van der Waals surface area contributed by atoms with Crippen molar-refractivity contribution in [3.63, 3.8) is 0 Å². The fraction of sp³-hybridized carbons (Fsp3) is 0.0667. The van der Waals surface area contributed by atoms with Crippen LogP contribution in [0.25, 0.3) is 12.2 Å². The maximum atomic E-state index is 3.19. The molecule has 0 bridgehead atoms. The summed E-state index contributed by atoms with van der Waals surface area (Å²) < 4.78 is 0. The molecule has 0 saturated carbocycles. The minimum Gasteiger partial charge on any atom is -0.0622 e. The molecule has 0 aliphatic carbocycles. The molecule has 73 valence electrons. The first-order valence-electron chi connectivity index (χ1n) is 5.06. The predicted octanol–water partition coefficient (Wildman–Crippen LogP) is 3.97. The molecule has 0 N–H and O–H groups in total. The van der Waals surface area contributed by atoms with Gasteiger partial charge in [0, 0.05) is 0 Å². The van der Waals surface area contributed by atoms with Gasteiger partial charge in [0.1, 0.15) is 0 Å². The Morgan fingerprint density at radius 1 is 1.00 bits per heavy atom. The molecule has 0 heterocycles. The highest BCUT2D eigenvalue weighted by Gasteiger charge is 1.88. The Morgan fingerprint density at radius 2 is 1.80 bits per heavy atom. The van der Waals surface area contributed by atoms with Crippen LogP contribution < -0.4 is 0 Å². The number of benzene rings is 2. The first-order chi connectivity index (χ1) is 7.34. The van der Waals surface area contributed by atoms with Crippen LogP contribution in [0.2, 0.25) is 0 Å². The minimum atomic E-state index is 1.12. The van der Waals surface area contributed by atoms with Gasteiger partial charge in [-0.25, -0.2) is 0 Å². The van der Waals surface area contributed by atoms with Gasteiger partial charge in [-0.15, -0.1) is 0 Å². The molecule has 1 radical (unpaired) electrons. The molecule has 0 heteroatoms. The zero-order valence-electron chi connectivity index (χ0n) is 8.77. The highest BCUT2D eigenvalue weighted by Crippen LogP contribution is 2.08. The highest BCUT2D eigenvalue weighted by atomic mass is 13.9. The summed E-state index contributed by atoms with van der Waals surface area (Å²) in [6.07, 6.45) is 4.19. The van der Waals surface area contributed by atoms with E-state index in [-0.39, 0.29) is 0 Å². The van der Waals surface area contributed by atoms with Crippen LogP contribution in [0.3, 0.4) is 0 Å². The molecule has 0 amide bonds. The van der Waals surface area contributed by atoms with Crippen molar-refractivity contribution in [3.8, 4) is 0 Å². The molecule has 0 atom stereocenters. The molecule has 2 rings (SSSR count). The Hall–Kier alpha value is -1.82. The highest BCUT2D eigenvalue weighted by molar-refractivity contribution is 5.69. The van der Waals surface area contributed by atoms with Crippen molar-refractivity contribution in [2.75, 3.05) is 0 Å². The van der Waals surface area contributed by atoms with Gasteiger partial charge >= 0.3 is 0 Å². The van der Waals surface area contributed by atoms with E-state index in [2.05, 4.69) is 49.4 Å². The standard InChI is InChI=1S/C15H13/c1-13-6-5-9-15(12-13)11-10-14-7-3-2-4-8-14/h2-8,10-12H,1H3.